The van der Waals surface area contributed by atoms with Crippen LogP contribution in [0.4, 0.5) is 0 Å². The molecule has 6 nitrogen and oxygen atoms in total. The Morgan fingerprint density at radius 2 is 2.10 bits per heavy atom. The highest BCUT2D eigenvalue weighted by Gasteiger charge is 2.21. The van der Waals surface area contributed by atoms with Crippen molar-refractivity contribution in [2.75, 3.05) is 26.0 Å². The molecule has 0 bridgehead atoms. The van der Waals surface area contributed by atoms with Crippen molar-refractivity contribution in [3.63, 3.8) is 0 Å². The monoisotopic (exact) mass is 313 g/mol. The zero-order chi connectivity index (χ0) is 15.3. The molecule has 116 valence electrons. The molecule has 0 fully saturated rings. The van der Waals surface area contributed by atoms with Crippen molar-refractivity contribution in [2.45, 2.75) is 12.1 Å². The van der Waals surface area contributed by atoms with Crippen molar-refractivity contribution in [3.8, 4) is 11.5 Å². The largest absolute Gasteiger partial charge is 0.493 e. The van der Waals surface area contributed by atoms with Gasteiger partial charge in [-0.25, -0.2) is 8.42 Å². The third-order valence-electron chi connectivity index (χ3n) is 3.05. The highest BCUT2D eigenvalue weighted by Crippen LogP contribution is 2.25. The lowest BCUT2D eigenvalue weighted by Crippen LogP contribution is -2.38. The summed E-state index contributed by atoms with van der Waals surface area (Å²) in [6, 6.07) is 6.92. The van der Waals surface area contributed by atoms with Crippen LogP contribution in [0.2, 0.25) is 0 Å². The minimum absolute atomic E-state index is 0.0348. The number of benzene rings is 1. The molecule has 2 atom stereocenters. The Balaban J connectivity index is 1.75. The lowest BCUT2D eigenvalue weighted by Gasteiger charge is -2.16. The number of para-hydroxylation sites is 2. The molecule has 2 N–H and O–H groups in total. The van der Waals surface area contributed by atoms with Crippen LogP contribution >= 0.6 is 0 Å². The maximum atomic E-state index is 11.2. The van der Waals surface area contributed by atoms with Gasteiger partial charge in [0.05, 0.1) is 12.9 Å². The highest BCUT2D eigenvalue weighted by molar-refractivity contribution is 7.94. The van der Waals surface area contributed by atoms with Crippen molar-refractivity contribution in [1.29, 1.82) is 0 Å². The molecule has 0 aromatic heterocycles. The smallest absolute Gasteiger partial charge is 0.173 e. The summed E-state index contributed by atoms with van der Waals surface area (Å²) in [5.74, 6) is 1.19. The third-order valence-corrected chi connectivity index (χ3v) is 4.44. The van der Waals surface area contributed by atoms with Gasteiger partial charge >= 0.3 is 0 Å². The molecule has 0 saturated carbocycles. The van der Waals surface area contributed by atoms with Crippen LogP contribution in [0.3, 0.4) is 0 Å². The first-order valence-corrected chi connectivity index (χ1v) is 8.30. The number of methoxy groups -OCH3 is 1. The highest BCUT2D eigenvalue weighted by atomic mass is 32.2. The molecule has 1 heterocycles. The van der Waals surface area contributed by atoms with Gasteiger partial charge in [0, 0.05) is 18.0 Å². The Morgan fingerprint density at radius 1 is 1.38 bits per heavy atom. The standard InChI is InChI=1S/C14H19NO5S/c1-19-13-4-2-3-5-14(13)20-9-12(16)8-15-11-6-7-21(17,18)10-11/h2-7,11-12,15-16H,8-10H2,1H3. The predicted octanol–water partition coefficient (Wildman–Crippen LogP) is 0.335. The third kappa shape index (κ3) is 4.73. The number of hydrogen-bond acceptors (Lipinski definition) is 6. The lowest BCUT2D eigenvalue weighted by atomic mass is 10.3. The SMILES string of the molecule is COc1ccccc1OCC(O)CNC1C=CS(=O)(=O)C1. The molecule has 1 aliphatic rings. The van der Waals surface area contributed by atoms with Gasteiger partial charge in [-0.15, -0.1) is 0 Å². The van der Waals surface area contributed by atoms with Gasteiger partial charge in [-0.1, -0.05) is 18.2 Å². The molecule has 0 aliphatic carbocycles. The fraction of sp³-hybridized carbons (Fsp3) is 0.429. The van der Waals surface area contributed by atoms with Gasteiger partial charge in [-0.2, -0.15) is 0 Å². The minimum atomic E-state index is -3.08. The Morgan fingerprint density at radius 3 is 2.71 bits per heavy atom. The summed E-state index contributed by atoms with van der Waals surface area (Å²) in [6.07, 6.45) is 0.843. The van der Waals surface area contributed by atoms with Gasteiger partial charge in [0.15, 0.2) is 21.3 Å². The van der Waals surface area contributed by atoms with E-state index in [-0.39, 0.29) is 24.9 Å². The maximum Gasteiger partial charge on any atom is 0.173 e. The predicted molar refractivity (Wildman–Crippen MR) is 79.2 cm³/mol. The summed E-state index contributed by atoms with van der Waals surface area (Å²) in [5.41, 5.74) is 0. The zero-order valence-corrected chi connectivity index (χ0v) is 12.5. The van der Waals surface area contributed by atoms with Gasteiger partial charge in [-0.05, 0) is 12.1 Å². The van der Waals surface area contributed by atoms with E-state index in [0.717, 1.165) is 0 Å². The van der Waals surface area contributed by atoms with Gasteiger partial charge < -0.3 is 19.9 Å². The van der Waals surface area contributed by atoms with Crippen LogP contribution in [0.5, 0.6) is 11.5 Å². The molecule has 0 amide bonds. The summed E-state index contributed by atoms with van der Waals surface area (Å²) < 4.78 is 33.1. The molecule has 2 unspecified atom stereocenters. The van der Waals surface area contributed by atoms with E-state index in [2.05, 4.69) is 5.32 Å². The van der Waals surface area contributed by atoms with E-state index in [0.29, 0.717) is 11.5 Å². The summed E-state index contributed by atoms with van der Waals surface area (Å²) in [6.45, 7) is 0.343. The second kappa shape index (κ2) is 6.93. The van der Waals surface area contributed by atoms with E-state index in [1.54, 1.807) is 25.3 Å². The van der Waals surface area contributed by atoms with E-state index < -0.39 is 15.9 Å². The number of hydrogen-bond donors (Lipinski definition) is 2. The molecule has 7 heteroatoms. The molecular formula is C14H19NO5S. The molecule has 1 aliphatic heterocycles. The Hall–Kier alpha value is -1.57. The molecule has 0 radical (unpaired) electrons. The van der Waals surface area contributed by atoms with Crippen molar-refractivity contribution in [1.82, 2.24) is 5.32 Å². The van der Waals surface area contributed by atoms with E-state index in [1.807, 2.05) is 12.1 Å². The normalized spacial score (nSPS) is 21.1. The molecule has 1 aromatic carbocycles. The van der Waals surface area contributed by atoms with Crippen LogP contribution < -0.4 is 14.8 Å². The Labute approximate surface area is 124 Å². The van der Waals surface area contributed by atoms with Crippen LogP contribution in [0.1, 0.15) is 0 Å². The number of ether oxygens (including phenoxy) is 2. The fourth-order valence-electron chi connectivity index (χ4n) is 1.97. The molecule has 2 rings (SSSR count). The second-order valence-electron chi connectivity index (χ2n) is 4.79. The van der Waals surface area contributed by atoms with Gasteiger partial charge in [0.25, 0.3) is 0 Å². The Bertz CT molecular complexity index is 599. The van der Waals surface area contributed by atoms with Crippen molar-refractivity contribution in [3.05, 3.63) is 35.7 Å². The number of sulfone groups is 1. The summed E-state index contributed by atoms with van der Waals surface area (Å²) >= 11 is 0. The Kier molecular flexibility index (Phi) is 5.22. The van der Waals surface area contributed by atoms with Gasteiger partial charge in [0.2, 0.25) is 0 Å². The van der Waals surface area contributed by atoms with Crippen LogP contribution in [-0.2, 0) is 9.84 Å². The van der Waals surface area contributed by atoms with Gasteiger partial charge in [-0.3, -0.25) is 0 Å². The molecule has 1 aromatic rings. The molecular weight excluding hydrogens is 294 g/mol. The number of rotatable bonds is 7. The van der Waals surface area contributed by atoms with Crippen LogP contribution in [0.15, 0.2) is 35.7 Å². The number of aliphatic hydroxyl groups excluding tert-OH is 1. The molecule has 0 spiro atoms. The maximum absolute atomic E-state index is 11.2. The van der Waals surface area contributed by atoms with Gasteiger partial charge in [0.1, 0.15) is 12.7 Å². The topological polar surface area (TPSA) is 84.9 Å². The average Bonchev–Trinajstić information content (AvgIpc) is 2.82. The first kappa shape index (κ1) is 15.8. The quantitative estimate of drug-likeness (QED) is 0.755. The van der Waals surface area contributed by atoms with E-state index in [4.69, 9.17) is 9.47 Å². The fourth-order valence-corrected chi connectivity index (χ4v) is 3.24. The van der Waals surface area contributed by atoms with Crippen molar-refractivity contribution in [2.24, 2.45) is 0 Å². The summed E-state index contributed by atoms with van der Waals surface area (Å²) in [4.78, 5) is 0. The van der Waals surface area contributed by atoms with Crippen molar-refractivity contribution < 1.29 is 23.0 Å². The lowest BCUT2D eigenvalue weighted by molar-refractivity contribution is 0.104. The van der Waals surface area contributed by atoms with E-state index in [9.17, 15) is 13.5 Å². The van der Waals surface area contributed by atoms with Crippen LogP contribution in [0.25, 0.3) is 0 Å². The summed E-state index contributed by atoms with van der Waals surface area (Å²) in [5, 5.41) is 14.0. The number of nitrogens with one attached hydrogen (secondary N) is 1. The average molecular weight is 313 g/mol. The first-order valence-electron chi connectivity index (χ1n) is 6.58. The molecule has 0 saturated heterocycles. The van der Waals surface area contributed by atoms with Crippen molar-refractivity contribution >= 4 is 9.84 Å². The van der Waals surface area contributed by atoms with E-state index >= 15 is 0 Å². The zero-order valence-electron chi connectivity index (χ0n) is 11.7. The van der Waals surface area contributed by atoms with Crippen LogP contribution in [-0.4, -0.2) is 51.7 Å². The van der Waals surface area contributed by atoms with Crippen LogP contribution in [0, 0.1) is 0 Å². The molecule has 21 heavy (non-hydrogen) atoms. The first-order chi connectivity index (χ1) is 10.00. The van der Waals surface area contributed by atoms with E-state index in [1.165, 1.54) is 5.41 Å². The second-order valence-corrected chi connectivity index (χ2v) is 6.72. The summed E-state index contributed by atoms with van der Waals surface area (Å²) in [7, 11) is -1.53. The number of aliphatic hydroxyl groups is 1. The minimum Gasteiger partial charge on any atom is -0.493 e.